The minimum atomic E-state index is -0.989. The number of nitrogens with one attached hydrogen (secondary N) is 1. The van der Waals surface area contributed by atoms with Gasteiger partial charge in [0.15, 0.2) is 0 Å². The van der Waals surface area contributed by atoms with Crippen molar-refractivity contribution in [3.8, 4) is 0 Å². The summed E-state index contributed by atoms with van der Waals surface area (Å²) in [4.78, 5) is 1.25. The molecule has 0 aliphatic heterocycles. The average Bonchev–Trinajstić information content (AvgIpc) is 2.26. The van der Waals surface area contributed by atoms with Crippen molar-refractivity contribution in [2.45, 2.75) is 43.4 Å². The Bertz CT molecular complexity index is 324. The lowest BCUT2D eigenvalue weighted by Gasteiger charge is -2.26. The molecule has 0 aliphatic carbocycles. The maximum absolute atomic E-state index is 11.9. The summed E-state index contributed by atoms with van der Waals surface area (Å²) in [5, 5.41) is 0. The molecule has 2 nitrogen and oxygen atoms in total. The van der Waals surface area contributed by atoms with E-state index in [1.807, 2.05) is 39.0 Å². The van der Waals surface area contributed by atoms with E-state index in [-0.39, 0.29) is 10.8 Å². The van der Waals surface area contributed by atoms with Crippen LogP contribution in [0.25, 0.3) is 0 Å². The van der Waals surface area contributed by atoms with Crippen LogP contribution in [0.3, 0.4) is 0 Å². The Hall–Kier alpha value is -0.160. The molecule has 1 aromatic carbocycles. The van der Waals surface area contributed by atoms with Crippen molar-refractivity contribution < 1.29 is 4.55 Å². The van der Waals surface area contributed by atoms with Gasteiger partial charge >= 0.3 is 0 Å². The lowest BCUT2D eigenvalue weighted by atomic mass is 10.3. The Morgan fingerprint density at radius 2 is 1.88 bits per heavy atom. The summed E-state index contributed by atoms with van der Waals surface area (Å²) in [6.07, 6.45) is 0. The molecular weight excluding hydrogens is 250 g/mol. The molecule has 0 saturated carbocycles. The number of thioether (sulfide) groups is 1. The summed E-state index contributed by atoms with van der Waals surface area (Å²) in [6.45, 7) is 8.01. The molecule has 0 heterocycles. The summed E-state index contributed by atoms with van der Waals surface area (Å²) in [5.74, 6) is 0.922. The van der Waals surface area contributed by atoms with Crippen molar-refractivity contribution in [3.05, 3.63) is 30.3 Å². The SMILES string of the molecule is C[C@H](CSc1ccccc1)N[S@@+]([O-])C(C)(C)C. The molecule has 1 N–H and O–H groups in total. The van der Waals surface area contributed by atoms with Crippen molar-refractivity contribution in [1.82, 2.24) is 4.72 Å². The summed E-state index contributed by atoms with van der Waals surface area (Å²) < 4.78 is 14.8. The third kappa shape index (κ3) is 5.82. The number of hydrogen-bond acceptors (Lipinski definition) is 3. The van der Waals surface area contributed by atoms with Gasteiger partial charge in [0.1, 0.15) is 4.75 Å². The first-order valence-electron chi connectivity index (χ1n) is 5.75. The second-order valence-electron chi connectivity index (χ2n) is 5.02. The van der Waals surface area contributed by atoms with Crippen LogP contribution in [0.4, 0.5) is 0 Å². The van der Waals surface area contributed by atoms with Crippen LogP contribution in [0.2, 0.25) is 0 Å². The van der Waals surface area contributed by atoms with Crippen molar-refractivity contribution in [2.75, 3.05) is 5.75 Å². The molecule has 2 atom stereocenters. The highest BCUT2D eigenvalue weighted by molar-refractivity contribution is 7.99. The van der Waals surface area contributed by atoms with Gasteiger partial charge in [-0.2, -0.15) is 0 Å². The summed E-state index contributed by atoms with van der Waals surface area (Å²) in [6, 6.07) is 10.5. The smallest absolute Gasteiger partial charge is 0.136 e. The predicted molar refractivity (Wildman–Crippen MR) is 77.7 cm³/mol. The second kappa shape index (κ2) is 6.69. The second-order valence-corrected chi connectivity index (χ2v) is 8.12. The number of rotatable bonds is 5. The van der Waals surface area contributed by atoms with Gasteiger partial charge in [0.2, 0.25) is 0 Å². The molecule has 0 saturated heterocycles. The van der Waals surface area contributed by atoms with Crippen molar-refractivity contribution >= 4 is 23.1 Å². The van der Waals surface area contributed by atoms with Crippen molar-refractivity contribution in [1.29, 1.82) is 0 Å². The zero-order valence-electron chi connectivity index (χ0n) is 10.9. The minimum Gasteiger partial charge on any atom is -0.598 e. The topological polar surface area (TPSA) is 35.1 Å². The standard InChI is InChI=1S/C13H21NOS2/c1-11(14-17(15)13(2,3)4)10-16-12-8-6-5-7-9-12/h5-9,11,14H,10H2,1-4H3/t11-,17+/m1/s1. The Labute approximate surface area is 112 Å². The van der Waals surface area contributed by atoms with Crippen LogP contribution >= 0.6 is 11.8 Å². The van der Waals surface area contributed by atoms with Gasteiger partial charge in [0.25, 0.3) is 0 Å². The predicted octanol–water partition coefficient (Wildman–Crippen LogP) is 3.22. The van der Waals surface area contributed by atoms with E-state index in [4.69, 9.17) is 0 Å². The molecule has 0 aliphatic rings. The lowest BCUT2D eigenvalue weighted by molar-refractivity contribution is 0.535. The summed E-state index contributed by atoms with van der Waals surface area (Å²) in [5.41, 5.74) is 0. The Morgan fingerprint density at radius 3 is 2.41 bits per heavy atom. The van der Waals surface area contributed by atoms with Gasteiger partial charge in [-0.3, -0.25) is 0 Å². The van der Waals surface area contributed by atoms with Crippen LogP contribution in [0, 0.1) is 0 Å². The molecule has 0 fully saturated rings. The maximum Gasteiger partial charge on any atom is 0.136 e. The van der Waals surface area contributed by atoms with Gasteiger partial charge in [-0.05, 0) is 39.8 Å². The molecule has 0 unspecified atom stereocenters. The first-order valence-corrected chi connectivity index (χ1v) is 7.89. The quantitative estimate of drug-likeness (QED) is 0.659. The first kappa shape index (κ1) is 14.9. The number of benzene rings is 1. The first-order chi connectivity index (χ1) is 7.89. The van der Waals surface area contributed by atoms with Crippen LogP contribution in [-0.4, -0.2) is 21.1 Å². The Balaban J connectivity index is 2.33. The van der Waals surface area contributed by atoms with E-state index < -0.39 is 11.4 Å². The van der Waals surface area contributed by atoms with Crippen molar-refractivity contribution in [2.24, 2.45) is 0 Å². The highest BCUT2D eigenvalue weighted by Crippen LogP contribution is 2.19. The fourth-order valence-electron chi connectivity index (χ4n) is 1.13. The van der Waals surface area contributed by atoms with Gasteiger partial charge in [-0.25, -0.2) is 0 Å². The molecule has 0 aromatic heterocycles. The van der Waals surface area contributed by atoms with E-state index in [1.54, 1.807) is 11.8 Å². The van der Waals surface area contributed by atoms with E-state index in [2.05, 4.69) is 23.8 Å². The molecule has 1 rings (SSSR count). The molecule has 4 heteroatoms. The summed E-state index contributed by atoms with van der Waals surface area (Å²) >= 11 is 0.796. The highest BCUT2D eigenvalue weighted by atomic mass is 32.2. The summed E-state index contributed by atoms with van der Waals surface area (Å²) in [7, 11) is 0. The molecule has 0 amide bonds. The molecule has 0 bridgehead atoms. The van der Waals surface area contributed by atoms with E-state index in [0.29, 0.717) is 0 Å². The zero-order chi connectivity index (χ0) is 12.9. The fourth-order valence-corrected chi connectivity index (χ4v) is 2.91. The molecule has 1 aromatic rings. The van der Waals surface area contributed by atoms with Gasteiger partial charge in [-0.1, -0.05) is 18.2 Å². The Morgan fingerprint density at radius 1 is 1.29 bits per heavy atom. The fraction of sp³-hybridized carbons (Fsp3) is 0.538. The molecule has 0 spiro atoms. The van der Waals surface area contributed by atoms with Gasteiger partial charge in [0.05, 0.1) is 6.04 Å². The van der Waals surface area contributed by atoms with E-state index in [9.17, 15) is 4.55 Å². The van der Waals surface area contributed by atoms with Crippen LogP contribution in [-0.2, 0) is 11.4 Å². The molecular formula is C13H21NOS2. The van der Waals surface area contributed by atoms with E-state index in [1.165, 1.54) is 4.90 Å². The normalized spacial score (nSPS) is 15.6. The van der Waals surface area contributed by atoms with Gasteiger partial charge in [-0.15, -0.1) is 16.5 Å². The molecule has 0 radical (unpaired) electrons. The molecule has 17 heavy (non-hydrogen) atoms. The number of hydrogen-bond donors (Lipinski definition) is 1. The maximum atomic E-state index is 11.9. The minimum absolute atomic E-state index is 0.203. The third-order valence-electron chi connectivity index (χ3n) is 2.11. The van der Waals surface area contributed by atoms with Gasteiger partial charge in [0, 0.05) is 22.0 Å². The van der Waals surface area contributed by atoms with Crippen LogP contribution in [0.15, 0.2) is 35.2 Å². The lowest BCUT2D eigenvalue weighted by Crippen LogP contribution is -2.44. The largest absolute Gasteiger partial charge is 0.598 e. The van der Waals surface area contributed by atoms with Crippen LogP contribution in [0.5, 0.6) is 0 Å². The molecule has 96 valence electrons. The average molecular weight is 271 g/mol. The highest BCUT2D eigenvalue weighted by Gasteiger charge is 2.27. The van der Waals surface area contributed by atoms with E-state index >= 15 is 0 Å². The monoisotopic (exact) mass is 271 g/mol. The third-order valence-corrected chi connectivity index (χ3v) is 5.11. The zero-order valence-corrected chi connectivity index (χ0v) is 12.5. The van der Waals surface area contributed by atoms with Crippen LogP contribution < -0.4 is 4.72 Å². The van der Waals surface area contributed by atoms with Gasteiger partial charge < -0.3 is 4.55 Å². The van der Waals surface area contributed by atoms with E-state index in [0.717, 1.165) is 5.75 Å². The van der Waals surface area contributed by atoms with Crippen LogP contribution in [0.1, 0.15) is 27.7 Å². The van der Waals surface area contributed by atoms with Crippen molar-refractivity contribution in [3.63, 3.8) is 0 Å². The Kier molecular flexibility index (Phi) is 5.86.